The Morgan fingerprint density at radius 1 is 1.21 bits per heavy atom. The predicted molar refractivity (Wildman–Crippen MR) is 109 cm³/mol. The summed E-state index contributed by atoms with van der Waals surface area (Å²) in [4.78, 5) is 26.8. The minimum Gasteiger partial charge on any atom is -0.324 e. The van der Waals surface area contributed by atoms with Gasteiger partial charge in [0.25, 0.3) is 0 Å². The van der Waals surface area contributed by atoms with Crippen molar-refractivity contribution in [1.82, 2.24) is 14.8 Å². The van der Waals surface area contributed by atoms with Crippen LogP contribution in [0.2, 0.25) is 0 Å². The van der Waals surface area contributed by atoms with Gasteiger partial charge in [-0.05, 0) is 31.2 Å². The van der Waals surface area contributed by atoms with E-state index in [1.807, 2.05) is 25.1 Å². The Labute approximate surface area is 170 Å². The summed E-state index contributed by atoms with van der Waals surface area (Å²) in [5, 5.41) is 11.1. The normalized spacial score (nSPS) is 16.1. The van der Waals surface area contributed by atoms with Crippen molar-refractivity contribution in [3.05, 3.63) is 60.7 Å². The van der Waals surface area contributed by atoms with Crippen molar-refractivity contribution >= 4 is 35.0 Å². The van der Waals surface area contributed by atoms with Crippen molar-refractivity contribution in [1.29, 1.82) is 0 Å². The molecule has 0 saturated carbocycles. The first-order chi connectivity index (χ1) is 14.0. The van der Waals surface area contributed by atoms with E-state index in [1.165, 1.54) is 28.7 Å². The minimum atomic E-state index is -0.403. The Balaban J connectivity index is 1.56. The van der Waals surface area contributed by atoms with Gasteiger partial charge in [0.1, 0.15) is 12.1 Å². The number of benzene rings is 2. The molecular weight excluding hydrogens is 393 g/mol. The molecule has 1 aliphatic rings. The van der Waals surface area contributed by atoms with Crippen LogP contribution in [-0.4, -0.2) is 38.4 Å². The summed E-state index contributed by atoms with van der Waals surface area (Å²) in [6.07, 6.45) is 1.62. The number of aromatic nitrogens is 3. The first-order valence-electron chi connectivity index (χ1n) is 9.03. The van der Waals surface area contributed by atoms with E-state index in [9.17, 15) is 14.0 Å². The van der Waals surface area contributed by atoms with Gasteiger partial charge in [-0.15, -0.1) is 10.2 Å². The number of nitrogens with zero attached hydrogens (tertiary/aromatic N) is 4. The molecule has 0 aliphatic carbocycles. The summed E-state index contributed by atoms with van der Waals surface area (Å²) in [6, 6.07) is 13.2. The molecule has 1 atom stereocenters. The second-order valence-corrected chi connectivity index (χ2v) is 7.55. The molecule has 9 heteroatoms. The van der Waals surface area contributed by atoms with E-state index in [0.29, 0.717) is 22.2 Å². The molecule has 7 nitrogen and oxygen atoms in total. The second-order valence-electron chi connectivity index (χ2n) is 6.61. The molecule has 3 aromatic rings. The zero-order valence-electron chi connectivity index (χ0n) is 15.6. The molecule has 1 aromatic heterocycles. The third-order valence-electron chi connectivity index (χ3n) is 4.58. The number of hydrogen-bond acceptors (Lipinski definition) is 5. The maximum absolute atomic E-state index is 14.1. The highest BCUT2D eigenvalue weighted by atomic mass is 32.2. The van der Waals surface area contributed by atoms with Gasteiger partial charge in [-0.2, -0.15) is 0 Å². The number of amides is 2. The lowest BCUT2D eigenvalue weighted by Gasteiger charge is -2.27. The molecule has 2 aromatic carbocycles. The van der Waals surface area contributed by atoms with Crippen LogP contribution in [0.5, 0.6) is 0 Å². The Bertz CT molecular complexity index is 1070. The second kappa shape index (κ2) is 8.04. The quantitative estimate of drug-likeness (QED) is 0.667. The smallest absolute Gasteiger partial charge is 0.237 e. The summed E-state index contributed by atoms with van der Waals surface area (Å²) in [7, 11) is 0. The van der Waals surface area contributed by atoms with E-state index in [2.05, 4.69) is 15.5 Å². The Hall–Kier alpha value is -3.20. The van der Waals surface area contributed by atoms with Gasteiger partial charge in [0.2, 0.25) is 11.8 Å². The van der Waals surface area contributed by atoms with Crippen molar-refractivity contribution in [2.75, 3.05) is 16.0 Å². The molecule has 0 spiro atoms. The van der Waals surface area contributed by atoms with E-state index < -0.39 is 5.82 Å². The van der Waals surface area contributed by atoms with E-state index >= 15 is 0 Å². The molecule has 1 unspecified atom stereocenters. The molecule has 2 heterocycles. The Morgan fingerprint density at radius 2 is 1.93 bits per heavy atom. The number of carbonyl (C=O) groups is 2. The highest BCUT2D eigenvalue weighted by Crippen LogP contribution is 2.32. The zero-order chi connectivity index (χ0) is 20.4. The molecule has 1 aliphatic heterocycles. The number of nitrogens with one attached hydrogen (secondary N) is 1. The van der Waals surface area contributed by atoms with Crippen LogP contribution in [0.15, 0.2) is 60.0 Å². The van der Waals surface area contributed by atoms with Crippen molar-refractivity contribution < 1.29 is 14.0 Å². The molecule has 148 valence electrons. The molecule has 1 N–H and O–H groups in total. The zero-order valence-corrected chi connectivity index (χ0v) is 16.4. The molecule has 2 amide bonds. The molecule has 0 saturated heterocycles. The standard InChI is InChI=1S/C20H18FN5O2S/c1-13-10-18(27)23-15-7-3-5-9-17(15)26(13)19(28)11-29-20-24-22-12-25(20)16-8-4-2-6-14(16)21/h2-9,12-13H,10-11H2,1H3,(H,23,27). The van der Waals surface area contributed by atoms with Crippen molar-refractivity contribution in [3.8, 4) is 5.69 Å². The van der Waals surface area contributed by atoms with Crippen molar-refractivity contribution in [2.45, 2.75) is 24.5 Å². The van der Waals surface area contributed by atoms with Crippen LogP contribution in [0, 0.1) is 5.82 Å². The van der Waals surface area contributed by atoms with E-state index in [0.717, 1.165) is 0 Å². The molecule has 4 rings (SSSR count). The predicted octanol–water partition coefficient (Wildman–Crippen LogP) is 3.26. The van der Waals surface area contributed by atoms with Gasteiger partial charge >= 0.3 is 0 Å². The topological polar surface area (TPSA) is 80.1 Å². The summed E-state index contributed by atoms with van der Waals surface area (Å²) in [5.41, 5.74) is 1.58. The monoisotopic (exact) mass is 411 g/mol. The number of fused-ring (bicyclic) bond motifs is 1. The van der Waals surface area contributed by atoms with Crippen molar-refractivity contribution in [3.63, 3.8) is 0 Å². The van der Waals surface area contributed by atoms with Crippen LogP contribution in [0.3, 0.4) is 0 Å². The molecule has 0 fully saturated rings. The number of thioether (sulfide) groups is 1. The van der Waals surface area contributed by atoms with E-state index in [1.54, 1.807) is 29.2 Å². The fraction of sp³-hybridized carbons (Fsp3) is 0.200. The van der Waals surface area contributed by atoms with E-state index in [4.69, 9.17) is 0 Å². The minimum absolute atomic E-state index is 0.0695. The fourth-order valence-electron chi connectivity index (χ4n) is 3.30. The lowest BCUT2D eigenvalue weighted by molar-refractivity contribution is -0.117. The average Bonchev–Trinajstić information content (AvgIpc) is 3.11. The largest absolute Gasteiger partial charge is 0.324 e. The van der Waals surface area contributed by atoms with Crippen LogP contribution in [-0.2, 0) is 9.59 Å². The SMILES string of the molecule is CC1CC(=O)Nc2ccccc2N1C(=O)CSc1nncn1-c1ccccc1F. The van der Waals surface area contributed by atoms with E-state index in [-0.39, 0.29) is 30.0 Å². The summed E-state index contributed by atoms with van der Waals surface area (Å²) >= 11 is 1.17. The molecule has 0 bridgehead atoms. The summed E-state index contributed by atoms with van der Waals surface area (Å²) in [5.74, 6) is -0.637. The lowest BCUT2D eigenvalue weighted by atomic mass is 10.2. The average molecular weight is 411 g/mol. The van der Waals surface area contributed by atoms with Gasteiger partial charge in [-0.1, -0.05) is 36.0 Å². The maximum Gasteiger partial charge on any atom is 0.237 e. The van der Waals surface area contributed by atoms with Gasteiger partial charge < -0.3 is 10.2 Å². The van der Waals surface area contributed by atoms with Crippen LogP contribution < -0.4 is 10.2 Å². The molecular formula is C20H18FN5O2S. The van der Waals surface area contributed by atoms with Gasteiger partial charge in [-0.25, -0.2) is 4.39 Å². The number of rotatable bonds is 4. The highest BCUT2D eigenvalue weighted by Gasteiger charge is 2.29. The van der Waals surface area contributed by atoms with Crippen LogP contribution in [0.25, 0.3) is 5.69 Å². The summed E-state index contributed by atoms with van der Waals surface area (Å²) < 4.78 is 15.6. The van der Waals surface area contributed by atoms with Crippen LogP contribution in [0.1, 0.15) is 13.3 Å². The van der Waals surface area contributed by atoms with Gasteiger partial charge in [0.15, 0.2) is 5.16 Å². The number of carbonyl (C=O) groups excluding carboxylic acids is 2. The number of halogens is 1. The maximum atomic E-state index is 14.1. The fourth-order valence-corrected chi connectivity index (χ4v) is 4.08. The van der Waals surface area contributed by atoms with Gasteiger partial charge in [-0.3, -0.25) is 14.2 Å². The Morgan fingerprint density at radius 3 is 2.72 bits per heavy atom. The first kappa shape index (κ1) is 19.1. The third-order valence-corrected chi connectivity index (χ3v) is 5.51. The van der Waals surface area contributed by atoms with Gasteiger partial charge in [0, 0.05) is 12.5 Å². The summed E-state index contributed by atoms with van der Waals surface area (Å²) in [6.45, 7) is 1.84. The van der Waals surface area contributed by atoms with Crippen molar-refractivity contribution in [2.24, 2.45) is 0 Å². The van der Waals surface area contributed by atoms with Crippen LogP contribution >= 0.6 is 11.8 Å². The highest BCUT2D eigenvalue weighted by molar-refractivity contribution is 7.99. The third kappa shape index (κ3) is 3.86. The van der Waals surface area contributed by atoms with Gasteiger partial charge in [0.05, 0.1) is 22.8 Å². The molecule has 29 heavy (non-hydrogen) atoms. The number of anilines is 2. The number of hydrogen-bond donors (Lipinski definition) is 1. The number of para-hydroxylation sites is 3. The lowest BCUT2D eigenvalue weighted by Crippen LogP contribution is -2.40. The molecule has 0 radical (unpaired) electrons. The first-order valence-corrected chi connectivity index (χ1v) is 10.0. The van der Waals surface area contributed by atoms with Crippen LogP contribution in [0.4, 0.5) is 15.8 Å². The Kier molecular flexibility index (Phi) is 5.30.